The molecular weight excluding hydrogens is 124 g/mol. The zero-order chi connectivity index (χ0) is 7.40. The molecule has 1 N–H and O–H groups in total. The Hall–Kier alpha value is -0.300. The minimum atomic E-state index is 0.370. The summed E-state index contributed by atoms with van der Waals surface area (Å²) >= 11 is 0. The Bertz CT molecular complexity index is 109. The maximum Gasteiger partial charge on any atom is 0.0433 e. The first-order valence-electron chi connectivity index (χ1n) is 4.10. The van der Waals surface area contributed by atoms with Gasteiger partial charge in [0.1, 0.15) is 0 Å². The molecule has 0 aromatic carbocycles. The fourth-order valence-electron chi connectivity index (χ4n) is 1.52. The van der Waals surface area contributed by atoms with Crippen LogP contribution in [-0.4, -0.2) is 11.7 Å². The van der Waals surface area contributed by atoms with Crippen LogP contribution in [0.15, 0.2) is 12.7 Å². The number of rotatable bonds is 5. The molecule has 1 aliphatic carbocycles. The van der Waals surface area contributed by atoms with E-state index in [0.717, 1.165) is 24.7 Å². The van der Waals surface area contributed by atoms with Crippen LogP contribution in [0.5, 0.6) is 0 Å². The van der Waals surface area contributed by atoms with Gasteiger partial charge in [0.25, 0.3) is 0 Å². The molecule has 0 unspecified atom stereocenters. The average Bonchev–Trinajstić information content (AvgIpc) is 2.65. The average molecular weight is 140 g/mol. The molecule has 1 saturated carbocycles. The molecule has 1 nitrogen and oxygen atoms in total. The summed E-state index contributed by atoms with van der Waals surface area (Å²) < 4.78 is 0. The molecule has 0 aromatic heterocycles. The smallest absolute Gasteiger partial charge is 0.0433 e. The Morgan fingerprint density at radius 3 is 2.70 bits per heavy atom. The molecule has 10 heavy (non-hydrogen) atoms. The summed E-state index contributed by atoms with van der Waals surface area (Å²) in [5, 5.41) is 8.60. The Morgan fingerprint density at radius 1 is 1.40 bits per heavy atom. The van der Waals surface area contributed by atoms with Crippen LogP contribution in [0.1, 0.15) is 25.7 Å². The fraction of sp³-hybridized carbons (Fsp3) is 0.778. The van der Waals surface area contributed by atoms with Gasteiger partial charge in [0.05, 0.1) is 0 Å². The van der Waals surface area contributed by atoms with Gasteiger partial charge in [0, 0.05) is 6.61 Å². The van der Waals surface area contributed by atoms with Crippen LogP contribution in [-0.2, 0) is 0 Å². The topological polar surface area (TPSA) is 20.2 Å². The highest BCUT2D eigenvalue weighted by molar-refractivity contribution is 4.87. The Balaban J connectivity index is 1.96. The van der Waals surface area contributed by atoms with Gasteiger partial charge < -0.3 is 5.11 Å². The third-order valence-electron chi connectivity index (χ3n) is 2.31. The number of aliphatic hydroxyl groups is 1. The lowest BCUT2D eigenvalue weighted by Gasteiger charge is -1.93. The second-order valence-electron chi connectivity index (χ2n) is 3.13. The monoisotopic (exact) mass is 140 g/mol. The lowest BCUT2D eigenvalue weighted by molar-refractivity contribution is 0.276. The molecule has 0 spiro atoms. The van der Waals surface area contributed by atoms with Gasteiger partial charge in [-0.15, -0.1) is 6.58 Å². The second kappa shape index (κ2) is 3.77. The number of hydrogen-bond acceptors (Lipinski definition) is 1. The molecule has 1 heteroatoms. The highest BCUT2D eigenvalue weighted by atomic mass is 16.3. The van der Waals surface area contributed by atoms with E-state index >= 15 is 0 Å². The van der Waals surface area contributed by atoms with Gasteiger partial charge >= 0.3 is 0 Å². The first-order valence-corrected chi connectivity index (χ1v) is 4.10. The lowest BCUT2D eigenvalue weighted by atomic mass is 10.1. The summed E-state index contributed by atoms with van der Waals surface area (Å²) in [6, 6.07) is 0. The van der Waals surface area contributed by atoms with Crippen molar-refractivity contribution >= 4 is 0 Å². The van der Waals surface area contributed by atoms with E-state index in [1.165, 1.54) is 12.8 Å². The summed E-state index contributed by atoms with van der Waals surface area (Å²) in [7, 11) is 0. The van der Waals surface area contributed by atoms with E-state index in [1.54, 1.807) is 0 Å². The normalized spacial score (nSPS) is 30.1. The third kappa shape index (κ3) is 2.14. The van der Waals surface area contributed by atoms with E-state index in [0.29, 0.717) is 6.61 Å². The molecule has 1 fully saturated rings. The van der Waals surface area contributed by atoms with Gasteiger partial charge in [-0.1, -0.05) is 6.08 Å². The van der Waals surface area contributed by atoms with Gasteiger partial charge in [-0.05, 0) is 37.5 Å². The Kier molecular flexibility index (Phi) is 2.94. The number of allylic oxidation sites excluding steroid dienone is 1. The van der Waals surface area contributed by atoms with E-state index in [1.807, 2.05) is 6.08 Å². The van der Waals surface area contributed by atoms with Crippen molar-refractivity contribution in [1.29, 1.82) is 0 Å². The summed E-state index contributed by atoms with van der Waals surface area (Å²) in [6.45, 7) is 4.05. The molecule has 58 valence electrons. The summed E-state index contributed by atoms with van der Waals surface area (Å²) in [6.07, 6.45) is 6.77. The molecule has 2 atom stereocenters. The van der Waals surface area contributed by atoms with E-state index < -0.39 is 0 Å². The van der Waals surface area contributed by atoms with Crippen LogP contribution in [0.3, 0.4) is 0 Å². The molecule has 0 heterocycles. The molecule has 0 bridgehead atoms. The van der Waals surface area contributed by atoms with Crippen molar-refractivity contribution < 1.29 is 5.11 Å². The quantitative estimate of drug-likeness (QED) is 0.579. The van der Waals surface area contributed by atoms with E-state index in [-0.39, 0.29) is 0 Å². The lowest BCUT2D eigenvalue weighted by Crippen LogP contribution is -1.87. The van der Waals surface area contributed by atoms with Crippen LogP contribution in [0.2, 0.25) is 0 Å². The predicted molar refractivity (Wildman–Crippen MR) is 42.7 cm³/mol. The molecule has 0 aliphatic heterocycles. The highest BCUT2D eigenvalue weighted by Gasteiger charge is 2.34. The largest absolute Gasteiger partial charge is 0.396 e. The van der Waals surface area contributed by atoms with Crippen LogP contribution in [0.25, 0.3) is 0 Å². The molecule has 0 aromatic rings. The van der Waals surface area contributed by atoms with E-state index in [9.17, 15) is 0 Å². The van der Waals surface area contributed by atoms with Gasteiger partial charge in [-0.2, -0.15) is 0 Å². The summed E-state index contributed by atoms with van der Waals surface area (Å²) in [5.74, 6) is 1.75. The standard InChI is InChI=1S/C9H16O/c1-2-3-4-8-7-9(8)5-6-10/h2,8-10H,1,3-7H2/t8-,9+/m1/s1. The zero-order valence-electron chi connectivity index (χ0n) is 6.42. The van der Waals surface area contributed by atoms with Crippen molar-refractivity contribution in [2.75, 3.05) is 6.61 Å². The minimum Gasteiger partial charge on any atom is -0.396 e. The fourth-order valence-corrected chi connectivity index (χ4v) is 1.52. The molecular formula is C9H16O. The van der Waals surface area contributed by atoms with Crippen molar-refractivity contribution in [2.45, 2.75) is 25.7 Å². The van der Waals surface area contributed by atoms with Crippen molar-refractivity contribution in [3.63, 3.8) is 0 Å². The number of hydrogen-bond donors (Lipinski definition) is 1. The SMILES string of the molecule is C=CCC[C@@H]1C[C@@H]1CCO. The zero-order valence-corrected chi connectivity index (χ0v) is 6.42. The summed E-state index contributed by atoms with van der Waals surface area (Å²) in [4.78, 5) is 0. The van der Waals surface area contributed by atoms with Gasteiger partial charge in [0.15, 0.2) is 0 Å². The van der Waals surface area contributed by atoms with Crippen molar-refractivity contribution in [1.82, 2.24) is 0 Å². The maximum atomic E-state index is 8.60. The first kappa shape index (κ1) is 7.80. The van der Waals surface area contributed by atoms with Gasteiger partial charge in [0.2, 0.25) is 0 Å². The van der Waals surface area contributed by atoms with E-state index in [4.69, 9.17) is 5.11 Å². The minimum absolute atomic E-state index is 0.370. The third-order valence-corrected chi connectivity index (χ3v) is 2.31. The van der Waals surface area contributed by atoms with Crippen molar-refractivity contribution in [3.05, 3.63) is 12.7 Å². The van der Waals surface area contributed by atoms with Crippen LogP contribution < -0.4 is 0 Å². The molecule has 0 saturated heterocycles. The number of aliphatic hydroxyl groups excluding tert-OH is 1. The van der Waals surface area contributed by atoms with Gasteiger partial charge in [-0.25, -0.2) is 0 Å². The van der Waals surface area contributed by atoms with Crippen molar-refractivity contribution in [2.24, 2.45) is 11.8 Å². The predicted octanol–water partition coefficient (Wildman–Crippen LogP) is 1.97. The van der Waals surface area contributed by atoms with E-state index in [2.05, 4.69) is 6.58 Å². The maximum absolute atomic E-state index is 8.60. The Labute approximate surface area is 62.8 Å². The summed E-state index contributed by atoms with van der Waals surface area (Å²) in [5.41, 5.74) is 0. The highest BCUT2D eigenvalue weighted by Crippen LogP contribution is 2.44. The molecule has 0 radical (unpaired) electrons. The molecule has 0 amide bonds. The van der Waals surface area contributed by atoms with Crippen LogP contribution >= 0.6 is 0 Å². The second-order valence-corrected chi connectivity index (χ2v) is 3.13. The van der Waals surface area contributed by atoms with Crippen LogP contribution in [0, 0.1) is 11.8 Å². The Morgan fingerprint density at radius 2 is 2.10 bits per heavy atom. The first-order chi connectivity index (χ1) is 4.88. The van der Waals surface area contributed by atoms with Crippen LogP contribution in [0.4, 0.5) is 0 Å². The van der Waals surface area contributed by atoms with Gasteiger partial charge in [-0.3, -0.25) is 0 Å². The molecule has 1 aliphatic rings. The van der Waals surface area contributed by atoms with Crippen molar-refractivity contribution in [3.8, 4) is 0 Å². The molecule has 1 rings (SSSR count).